The number of nitrogens with two attached hydrogens (primary N) is 1. The van der Waals surface area contributed by atoms with Gasteiger partial charge in [0.25, 0.3) is 0 Å². The van der Waals surface area contributed by atoms with Crippen LogP contribution >= 0.6 is 22.6 Å². The van der Waals surface area contributed by atoms with Crippen LogP contribution < -0.4 is 11.1 Å². The maximum Gasteiger partial charge on any atom is 0.312 e. The van der Waals surface area contributed by atoms with Gasteiger partial charge in [0, 0.05) is 34.9 Å². The van der Waals surface area contributed by atoms with E-state index in [1.54, 1.807) is 11.6 Å². The van der Waals surface area contributed by atoms with Gasteiger partial charge in [-0.3, -0.25) is 10.1 Å². The third-order valence-electron chi connectivity index (χ3n) is 5.18. The Balaban J connectivity index is 1.78. The monoisotopic (exact) mass is 510 g/mol. The number of fused-ring (bicyclic) bond motifs is 2. The minimum absolute atomic E-state index is 0.0273. The number of aliphatic hydroxyl groups excluding tert-OH is 1. The predicted octanol–water partition coefficient (Wildman–Crippen LogP) is 1.80. The van der Waals surface area contributed by atoms with E-state index in [0.717, 1.165) is 26.7 Å². The summed E-state index contributed by atoms with van der Waals surface area (Å²) in [5.74, 6) is 0.749. The van der Waals surface area contributed by atoms with Gasteiger partial charge in [-0.1, -0.05) is 0 Å². The summed E-state index contributed by atoms with van der Waals surface area (Å²) in [5.41, 5.74) is 9.27. The van der Waals surface area contributed by atoms with Gasteiger partial charge in [0.2, 0.25) is 0 Å². The molecule has 4 rings (SSSR count). The fraction of sp³-hybridized carbons (Fsp3) is 0.368. The van der Waals surface area contributed by atoms with E-state index in [0.29, 0.717) is 42.8 Å². The molecule has 0 amide bonds. The minimum Gasteiger partial charge on any atom is -0.382 e. The maximum absolute atomic E-state index is 13.8. The average Bonchev–Trinajstić information content (AvgIpc) is 3.21. The number of imidazole rings is 1. The molecule has 1 aliphatic rings. The number of nitrogens with one attached hydrogen (secondary N) is 1. The number of aryl methyl sites for hydroxylation is 2. The van der Waals surface area contributed by atoms with Crippen molar-refractivity contribution in [2.45, 2.75) is 38.5 Å². The third kappa shape index (κ3) is 3.83. The molecule has 0 saturated heterocycles. The highest BCUT2D eigenvalue weighted by Crippen LogP contribution is 2.29. The fourth-order valence-corrected chi connectivity index (χ4v) is 4.34. The first-order chi connectivity index (χ1) is 13.9. The van der Waals surface area contributed by atoms with Crippen LogP contribution in [-0.2, 0) is 19.4 Å². The van der Waals surface area contributed by atoms with Gasteiger partial charge in [0.15, 0.2) is 22.8 Å². The highest BCUT2D eigenvalue weighted by atomic mass is 127. The minimum atomic E-state index is -0.922. The number of anilines is 1. The first-order valence-corrected chi connectivity index (χ1v) is 10.3. The molecule has 8 nitrogen and oxygen atoms in total. The first-order valence-electron chi connectivity index (χ1n) is 9.25. The SMILES string of the molecule is CNC(O)CCn1c(Cc2cc3c(cc2I)CCC3=O)nc2c(N)nc(F)nc21. The number of carbonyl (C=O) groups excluding carboxylic acids is 1. The van der Waals surface area contributed by atoms with E-state index in [1.807, 2.05) is 12.1 Å². The smallest absolute Gasteiger partial charge is 0.312 e. The highest BCUT2D eigenvalue weighted by Gasteiger charge is 2.23. The van der Waals surface area contributed by atoms with E-state index < -0.39 is 12.3 Å². The van der Waals surface area contributed by atoms with Gasteiger partial charge >= 0.3 is 6.08 Å². The largest absolute Gasteiger partial charge is 0.382 e. The van der Waals surface area contributed by atoms with Crippen LogP contribution in [0.4, 0.5) is 10.2 Å². The van der Waals surface area contributed by atoms with Crippen LogP contribution in [0.15, 0.2) is 12.1 Å². The van der Waals surface area contributed by atoms with Crippen molar-refractivity contribution in [1.82, 2.24) is 24.8 Å². The second kappa shape index (κ2) is 7.92. The maximum atomic E-state index is 13.8. The molecule has 0 radical (unpaired) electrons. The average molecular weight is 510 g/mol. The van der Waals surface area contributed by atoms with Crippen molar-refractivity contribution in [3.63, 3.8) is 0 Å². The van der Waals surface area contributed by atoms with Gasteiger partial charge in [-0.15, -0.1) is 0 Å². The van der Waals surface area contributed by atoms with Crippen molar-refractivity contribution >= 4 is 45.4 Å². The van der Waals surface area contributed by atoms with Crippen LogP contribution in [0.3, 0.4) is 0 Å². The van der Waals surface area contributed by atoms with Crippen LogP contribution in [0.1, 0.15) is 40.2 Å². The van der Waals surface area contributed by atoms with Gasteiger partial charge < -0.3 is 15.4 Å². The van der Waals surface area contributed by atoms with Crippen molar-refractivity contribution in [1.29, 1.82) is 0 Å². The van der Waals surface area contributed by atoms with Crippen molar-refractivity contribution in [2.75, 3.05) is 12.8 Å². The number of hydrogen-bond donors (Lipinski definition) is 3. The summed E-state index contributed by atoms with van der Waals surface area (Å²) >= 11 is 2.26. The van der Waals surface area contributed by atoms with Gasteiger partial charge in [0.1, 0.15) is 12.1 Å². The van der Waals surface area contributed by atoms with E-state index in [2.05, 4.69) is 42.9 Å². The van der Waals surface area contributed by atoms with Crippen molar-refractivity contribution in [3.8, 4) is 0 Å². The molecular weight excluding hydrogens is 490 g/mol. The zero-order valence-electron chi connectivity index (χ0n) is 15.7. The zero-order valence-corrected chi connectivity index (χ0v) is 17.9. The number of halogens is 2. The van der Waals surface area contributed by atoms with Crippen LogP contribution in [0, 0.1) is 9.65 Å². The number of aliphatic hydroxyl groups is 1. The van der Waals surface area contributed by atoms with Gasteiger partial charge in [-0.2, -0.15) is 14.4 Å². The number of ketones is 1. The molecule has 1 atom stereocenters. The summed E-state index contributed by atoms with van der Waals surface area (Å²) < 4.78 is 16.6. The number of nitrogens with zero attached hydrogens (tertiary/aromatic N) is 4. The summed E-state index contributed by atoms with van der Waals surface area (Å²) in [5, 5.41) is 12.6. The normalized spacial score (nSPS) is 14.6. The molecule has 29 heavy (non-hydrogen) atoms. The number of hydrogen-bond acceptors (Lipinski definition) is 7. The molecule has 1 unspecified atom stereocenters. The molecule has 0 bridgehead atoms. The molecule has 0 spiro atoms. The molecule has 152 valence electrons. The summed E-state index contributed by atoms with van der Waals surface area (Å²) in [6.45, 7) is 0.365. The van der Waals surface area contributed by atoms with Crippen molar-refractivity contribution in [3.05, 3.63) is 44.3 Å². The van der Waals surface area contributed by atoms with Crippen LogP contribution in [0.5, 0.6) is 0 Å². The predicted molar refractivity (Wildman–Crippen MR) is 114 cm³/mol. The van der Waals surface area contributed by atoms with Crippen LogP contribution in [-0.4, -0.2) is 43.7 Å². The molecule has 3 aromatic rings. The Bertz CT molecular complexity index is 1120. The summed E-state index contributed by atoms with van der Waals surface area (Å²) in [7, 11) is 1.65. The van der Waals surface area contributed by atoms with E-state index in [1.165, 1.54) is 0 Å². The Morgan fingerprint density at radius 2 is 2.14 bits per heavy atom. The van der Waals surface area contributed by atoms with E-state index in [-0.39, 0.29) is 11.6 Å². The number of benzene rings is 1. The molecule has 0 aliphatic heterocycles. The molecule has 1 aromatic carbocycles. The van der Waals surface area contributed by atoms with Gasteiger partial charge in [-0.25, -0.2) is 4.98 Å². The van der Waals surface area contributed by atoms with Crippen molar-refractivity contribution in [2.24, 2.45) is 0 Å². The number of aromatic nitrogens is 4. The topological polar surface area (TPSA) is 119 Å². The number of nitrogen functional groups attached to an aromatic ring is 1. The number of Topliss-reactive ketones (excluding diaryl/α,β-unsaturated/α-hetero) is 1. The standard InChI is InChI=1S/C19H20FIN6O2/c1-23-15(29)4-5-27-14(24-16-17(22)25-19(20)26-18(16)27)8-10-6-11-9(7-12(10)21)2-3-13(11)28/h6-7,15,23,29H,2-5,8H2,1H3,(H2,22,25,26). The molecule has 2 heterocycles. The van der Waals surface area contributed by atoms with E-state index in [9.17, 15) is 14.3 Å². The summed E-state index contributed by atoms with van der Waals surface area (Å²) in [6, 6.07) is 3.97. The van der Waals surface area contributed by atoms with Crippen molar-refractivity contribution < 1.29 is 14.3 Å². The lowest BCUT2D eigenvalue weighted by Crippen LogP contribution is -2.26. The Kier molecular flexibility index (Phi) is 5.49. The number of rotatable bonds is 6. The Hall–Kier alpha value is -2.18. The lowest BCUT2D eigenvalue weighted by Gasteiger charge is -2.13. The second-order valence-corrected chi connectivity index (χ2v) is 8.19. The Labute approximate surface area is 179 Å². The molecule has 0 fully saturated rings. The molecule has 10 heteroatoms. The quantitative estimate of drug-likeness (QED) is 0.263. The van der Waals surface area contributed by atoms with Gasteiger partial charge in [0.05, 0.1) is 0 Å². The van der Waals surface area contributed by atoms with Crippen LogP contribution in [0.2, 0.25) is 0 Å². The molecule has 0 saturated carbocycles. The highest BCUT2D eigenvalue weighted by molar-refractivity contribution is 14.1. The molecular formula is C19H20FIN6O2. The summed E-state index contributed by atoms with van der Waals surface area (Å²) in [6.07, 6.45) is 0.472. The van der Waals surface area contributed by atoms with E-state index in [4.69, 9.17) is 5.73 Å². The Morgan fingerprint density at radius 3 is 2.90 bits per heavy atom. The molecule has 2 aromatic heterocycles. The number of carbonyl (C=O) groups is 1. The van der Waals surface area contributed by atoms with Crippen LogP contribution in [0.25, 0.3) is 11.2 Å². The molecule has 1 aliphatic carbocycles. The van der Waals surface area contributed by atoms with Gasteiger partial charge in [-0.05, 0) is 59.3 Å². The Morgan fingerprint density at radius 1 is 1.34 bits per heavy atom. The fourth-order valence-electron chi connectivity index (χ4n) is 3.62. The first kappa shape index (κ1) is 20.1. The van der Waals surface area contributed by atoms with E-state index >= 15 is 0 Å². The zero-order chi connectivity index (χ0) is 20.7. The summed E-state index contributed by atoms with van der Waals surface area (Å²) in [4.78, 5) is 24.2. The lowest BCUT2D eigenvalue weighted by molar-refractivity contribution is 0.0994. The third-order valence-corrected chi connectivity index (χ3v) is 6.18. The molecule has 4 N–H and O–H groups in total. The second-order valence-electron chi connectivity index (χ2n) is 7.02. The lowest BCUT2D eigenvalue weighted by atomic mass is 10.0.